The van der Waals surface area contributed by atoms with Crippen LogP contribution in [0.3, 0.4) is 0 Å². The minimum atomic E-state index is -3.05. The van der Waals surface area contributed by atoms with Gasteiger partial charge in [0.05, 0.1) is 16.2 Å². The minimum Gasteiger partial charge on any atom is -0.474 e. The van der Waals surface area contributed by atoms with E-state index in [4.69, 9.17) is 21.9 Å². The van der Waals surface area contributed by atoms with Gasteiger partial charge in [-0.3, -0.25) is 0 Å². The Balaban J connectivity index is 2.00. The van der Waals surface area contributed by atoms with Crippen LogP contribution in [0.25, 0.3) is 21.2 Å². The Morgan fingerprint density at radius 1 is 1.37 bits per heavy atom. The number of nitrogens with zero attached hydrogens (tertiary/aromatic N) is 5. The van der Waals surface area contributed by atoms with Crippen LogP contribution in [0, 0.1) is 0 Å². The molecule has 1 aliphatic rings. The van der Waals surface area contributed by atoms with E-state index in [1.165, 1.54) is 6.26 Å². The van der Waals surface area contributed by atoms with Gasteiger partial charge in [-0.1, -0.05) is 23.6 Å². The Labute approximate surface area is 162 Å². The Morgan fingerprint density at radius 2 is 2.07 bits per heavy atom. The number of hydrogen-bond acceptors (Lipinski definition) is 6. The van der Waals surface area contributed by atoms with Gasteiger partial charge in [0.1, 0.15) is 11.3 Å². The summed E-state index contributed by atoms with van der Waals surface area (Å²) in [4.78, 5) is 11.5. The summed E-state index contributed by atoms with van der Waals surface area (Å²) in [6.07, 6.45) is 5.68. The number of hydrogen-bond donors (Lipinski definition) is 0. The summed E-state index contributed by atoms with van der Waals surface area (Å²) in [6.45, 7) is 3.76. The van der Waals surface area contributed by atoms with Crippen LogP contribution in [0.15, 0.2) is 23.6 Å². The number of aromatic nitrogens is 2. The minimum absolute atomic E-state index is 0.211. The Hall–Kier alpha value is -2.09. The van der Waals surface area contributed by atoms with E-state index in [9.17, 15) is 8.42 Å². The molecule has 1 unspecified atom stereocenters. The molecule has 0 spiro atoms. The van der Waals surface area contributed by atoms with Crippen LogP contribution in [0.5, 0.6) is 5.88 Å². The predicted octanol–water partition coefficient (Wildman–Crippen LogP) is 4.17. The molecule has 1 aliphatic carbocycles. The van der Waals surface area contributed by atoms with Crippen molar-refractivity contribution in [2.75, 3.05) is 6.26 Å². The van der Waals surface area contributed by atoms with Crippen LogP contribution in [0.2, 0.25) is 5.15 Å². The maximum Gasteiger partial charge on any atom is 0.223 e. The molecule has 8 nitrogen and oxygen atoms in total. The van der Waals surface area contributed by atoms with E-state index in [-0.39, 0.29) is 11.4 Å². The fourth-order valence-electron chi connectivity index (χ4n) is 3.14. The highest BCUT2D eigenvalue weighted by molar-refractivity contribution is 7.91. The van der Waals surface area contributed by atoms with Crippen molar-refractivity contribution in [3.63, 3.8) is 0 Å². The normalized spacial score (nSPS) is 21.8. The lowest BCUT2D eigenvalue weighted by Crippen LogP contribution is -2.42. The van der Waals surface area contributed by atoms with Crippen LogP contribution in [0.4, 0.5) is 0 Å². The molecule has 2 heterocycles. The largest absolute Gasteiger partial charge is 0.474 e. The van der Waals surface area contributed by atoms with Gasteiger partial charge in [-0.15, -0.1) is 0 Å². The van der Waals surface area contributed by atoms with Gasteiger partial charge >= 0.3 is 0 Å². The standard InChI is InChI=1S/C17H20ClN5O3S/c1-4-17(2,22-23-19)14-9-21-16(13-8-20-15(18)7-12(13)14)26-10-5-11(6-10)27(3,24)25/h7-11H,4-6H2,1-3H3. The third-order valence-electron chi connectivity index (χ3n) is 5.17. The number of pyridine rings is 2. The summed E-state index contributed by atoms with van der Waals surface area (Å²) in [5, 5.41) is 5.28. The van der Waals surface area contributed by atoms with Gasteiger partial charge in [-0.2, -0.15) is 0 Å². The number of rotatable bonds is 6. The summed E-state index contributed by atoms with van der Waals surface area (Å²) in [5.41, 5.74) is 8.89. The first-order valence-corrected chi connectivity index (χ1v) is 10.9. The molecular weight excluding hydrogens is 390 g/mol. The van der Waals surface area contributed by atoms with Crippen LogP contribution < -0.4 is 4.74 Å². The van der Waals surface area contributed by atoms with Gasteiger partial charge < -0.3 is 4.74 Å². The van der Waals surface area contributed by atoms with Gasteiger partial charge in [-0.05, 0) is 35.9 Å². The van der Waals surface area contributed by atoms with Gasteiger partial charge in [0.25, 0.3) is 0 Å². The lowest BCUT2D eigenvalue weighted by molar-refractivity contribution is 0.119. The van der Waals surface area contributed by atoms with Gasteiger partial charge in [0.15, 0.2) is 9.84 Å². The van der Waals surface area contributed by atoms with E-state index in [1.807, 2.05) is 13.8 Å². The molecule has 27 heavy (non-hydrogen) atoms. The van der Waals surface area contributed by atoms with E-state index < -0.39 is 15.4 Å². The van der Waals surface area contributed by atoms with E-state index in [0.717, 1.165) is 10.9 Å². The Morgan fingerprint density at radius 3 is 2.67 bits per heavy atom. The van der Waals surface area contributed by atoms with E-state index in [0.29, 0.717) is 35.7 Å². The second-order valence-electron chi connectivity index (χ2n) is 7.01. The third kappa shape index (κ3) is 3.81. The van der Waals surface area contributed by atoms with Crippen molar-refractivity contribution < 1.29 is 13.2 Å². The van der Waals surface area contributed by atoms with E-state index >= 15 is 0 Å². The number of sulfone groups is 1. The second kappa shape index (κ2) is 7.14. The first-order chi connectivity index (χ1) is 12.7. The molecule has 0 radical (unpaired) electrons. The average Bonchev–Trinajstić information content (AvgIpc) is 2.56. The predicted molar refractivity (Wildman–Crippen MR) is 104 cm³/mol. The van der Waals surface area contributed by atoms with Crippen molar-refractivity contribution in [1.82, 2.24) is 9.97 Å². The molecule has 3 rings (SSSR count). The molecular formula is C17H20ClN5O3S. The van der Waals surface area contributed by atoms with Crippen molar-refractivity contribution in [2.24, 2.45) is 5.11 Å². The quantitative estimate of drug-likeness (QED) is 0.307. The smallest absolute Gasteiger partial charge is 0.223 e. The molecule has 0 bridgehead atoms. The van der Waals surface area contributed by atoms with E-state index in [1.54, 1.807) is 18.5 Å². The average molecular weight is 410 g/mol. The SMILES string of the molecule is CCC(C)(N=[N+]=[N-])c1cnc(OC2CC(S(C)(=O)=O)C2)c2cnc(Cl)cc12. The summed E-state index contributed by atoms with van der Waals surface area (Å²) in [6, 6.07) is 1.70. The van der Waals surface area contributed by atoms with Crippen molar-refractivity contribution in [3.05, 3.63) is 39.6 Å². The Bertz CT molecular complexity index is 1030. The van der Waals surface area contributed by atoms with Gasteiger partial charge in [0, 0.05) is 36.4 Å². The molecule has 2 aromatic rings. The lowest BCUT2D eigenvalue weighted by Gasteiger charge is -2.34. The topological polar surface area (TPSA) is 118 Å². The summed E-state index contributed by atoms with van der Waals surface area (Å²) >= 11 is 6.08. The number of fused-ring (bicyclic) bond motifs is 1. The van der Waals surface area contributed by atoms with Crippen LogP contribution in [0.1, 0.15) is 38.7 Å². The fourth-order valence-corrected chi connectivity index (χ4v) is 4.43. The van der Waals surface area contributed by atoms with Gasteiger partial charge in [-0.25, -0.2) is 18.4 Å². The van der Waals surface area contributed by atoms with Crippen molar-refractivity contribution in [3.8, 4) is 5.88 Å². The maximum absolute atomic E-state index is 11.6. The van der Waals surface area contributed by atoms with Crippen molar-refractivity contribution in [1.29, 1.82) is 0 Å². The molecule has 1 fully saturated rings. The second-order valence-corrected chi connectivity index (χ2v) is 9.72. The van der Waals surface area contributed by atoms with Crippen LogP contribution >= 0.6 is 11.6 Å². The summed E-state index contributed by atoms with van der Waals surface area (Å²) in [7, 11) is -3.05. The molecule has 0 aliphatic heterocycles. The van der Waals surface area contributed by atoms with Crippen LogP contribution in [-0.4, -0.2) is 36.0 Å². The molecule has 0 saturated heterocycles. The van der Waals surface area contributed by atoms with E-state index in [2.05, 4.69) is 20.0 Å². The lowest BCUT2D eigenvalue weighted by atomic mass is 9.88. The first kappa shape index (κ1) is 19.7. The summed E-state index contributed by atoms with van der Waals surface area (Å²) in [5.74, 6) is 0.370. The summed E-state index contributed by atoms with van der Waals surface area (Å²) < 4.78 is 29.1. The molecule has 1 saturated carbocycles. The molecule has 2 aromatic heterocycles. The van der Waals surface area contributed by atoms with Crippen molar-refractivity contribution in [2.45, 2.75) is 50.0 Å². The zero-order chi connectivity index (χ0) is 19.8. The van der Waals surface area contributed by atoms with Gasteiger partial charge in [0.2, 0.25) is 5.88 Å². The molecule has 10 heteroatoms. The Kier molecular flexibility index (Phi) is 5.20. The molecule has 144 valence electrons. The zero-order valence-corrected chi connectivity index (χ0v) is 16.8. The highest BCUT2D eigenvalue weighted by Gasteiger charge is 2.38. The highest BCUT2D eigenvalue weighted by atomic mass is 35.5. The molecule has 0 amide bonds. The molecule has 0 N–H and O–H groups in total. The highest BCUT2D eigenvalue weighted by Crippen LogP contribution is 2.39. The number of azide groups is 1. The number of halogens is 1. The van der Waals surface area contributed by atoms with Crippen LogP contribution in [-0.2, 0) is 15.4 Å². The monoisotopic (exact) mass is 409 g/mol. The fraction of sp³-hybridized carbons (Fsp3) is 0.529. The molecule has 0 aromatic carbocycles. The zero-order valence-electron chi connectivity index (χ0n) is 15.3. The first-order valence-electron chi connectivity index (χ1n) is 8.54. The maximum atomic E-state index is 11.6. The third-order valence-corrected chi connectivity index (χ3v) is 6.97. The number of ether oxygens (including phenoxy) is 1. The van der Waals surface area contributed by atoms with Crippen molar-refractivity contribution >= 4 is 32.2 Å². The molecule has 1 atom stereocenters.